The predicted octanol–water partition coefficient (Wildman–Crippen LogP) is 3.55. The van der Waals surface area contributed by atoms with Gasteiger partial charge in [0.25, 0.3) is 11.4 Å². The highest BCUT2D eigenvalue weighted by atomic mass is 16.6. The van der Waals surface area contributed by atoms with Crippen molar-refractivity contribution in [2.75, 3.05) is 9.80 Å². The Hall–Kier alpha value is -5.52. The van der Waals surface area contributed by atoms with Gasteiger partial charge in [0.1, 0.15) is 0 Å². The first-order valence-corrected chi connectivity index (χ1v) is 13.2. The third kappa shape index (κ3) is 3.17. The number of rotatable bonds is 5. The maximum Gasteiger partial charge on any atom is 0.271 e. The second kappa shape index (κ2) is 8.74. The van der Waals surface area contributed by atoms with Crippen molar-refractivity contribution in [1.29, 1.82) is 0 Å². The van der Waals surface area contributed by atoms with Crippen LogP contribution in [0, 0.1) is 49.8 Å². The van der Waals surface area contributed by atoms with E-state index < -0.39 is 68.5 Å². The minimum absolute atomic E-state index is 0.0391. The molecule has 3 aliphatic carbocycles. The standard InChI is InChI=1S/C30H20N4O8/c35-26-22-21-12-13-30(16-6-2-1-3-7-16,24(22)28(37)31(26)17-8-4-10-19(14-17)33(39)40)25-23(21)27(36)32(29(25)38)18-9-5-11-20(15-18)34(41)42/h1-15,21-25H/t21?,22-,23-,24-,25-,30?/m1/s1. The molecule has 4 amide bonds. The zero-order valence-electron chi connectivity index (χ0n) is 21.6. The summed E-state index contributed by atoms with van der Waals surface area (Å²) in [5, 5.41) is 22.9. The van der Waals surface area contributed by atoms with Gasteiger partial charge in [-0.1, -0.05) is 54.6 Å². The number of anilines is 2. The van der Waals surface area contributed by atoms with E-state index in [1.165, 1.54) is 36.4 Å². The number of nitrogens with zero attached hydrogens (tertiary/aromatic N) is 4. The van der Waals surface area contributed by atoms with E-state index in [1.807, 2.05) is 0 Å². The lowest BCUT2D eigenvalue weighted by molar-refractivity contribution is -0.385. The number of allylic oxidation sites excluding steroid dienone is 2. The third-order valence-corrected chi connectivity index (χ3v) is 9.03. The lowest BCUT2D eigenvalue weighted by Crippen LogP contribution is -2.60. The number of carbonyl (C=O) groups excluding carboxylic acids is 4. The zero-order valence-corrected chi connectivity index (χ0v) is 21.6. The van der Waals surface area contributed by atoms with Crippen LogP contribution in [0.2, 0.25) is 0 Å². The first-order chi connectivity index (χ1) is 20.2. The predicted molar refractivity (Wildman–Crippen MR) is 146 cm³/mol. The fourth-order valence-corrected chi connectivity index (χ4v) is 7.48. The Balaban J connectivity index is 1.40. The van der Waals surface area contributed by atoms with Crippen LogP contribution in [0.1, 0.15) is 5.56 Å². The average Bonchev–Trinajstić information content (AvgIpc) is 3.44. The Morgan fingerprint density at radius 2 is 1.10 bits per heavy atom. The molecule has 0 unspecified atom stereocenters. The summed E-state index contributed by atoms with van der Waals surface area (Å²) in [5.41, 5.74) is -1.34. The van der Waals surface area contributed by atoms with Crippen LogP contribution in [0.4, 0.5) is 22.7 Å². The molecular formula is C30H20N4O8. The molecule has 3 aromatic rings. The van der Waals surface area contributed by atoms with Crippen molar-refractivity contribution < 1.29 is 29.0 Å². The van der Waals surface area contributed by atoms with E-state index in [0.29, 0.717) is 5.56 Å². The van der Waals surface area contributed by atoms with Gasteiger partial charge in [-0.15, -0.1) is 0 Å². The monoisotopic (exact) mass is 564 g/mol. The molecule has 208 valence electrons. The Kier molecular flexibility index (Phi) is 5.29. The number of nitro groups is 2. The Labute approximate surface area is 237 Å². The van der Waals surface area contributed by atoms with Gasteiger partial charge in [0.05, 0.1) is 44.9 Å². The lowest BCUT2D eigenvalue weighted by Gasteiger charge is -2.53. The molecule has 2 bridgehead atoms. The van der Waals surface area contributed by atoms with E-state index in [0.717, 1.165) is 21.9 Å². The summed E-state index contributed by atoms with van der Waals surface area (Å²) in [6.45, 7) is 0. The Morgan fingerprint density at radius 3 is 1.55 bits per heavy atom. The van der Waals surface area contributed by atoms with Gasteiger partial charge in [0.2, 0.25) is 23.6 Å². The van der Waals surface area contributed by atoms with E-state index in [4.69, 9.17) is 0 Å². The molecule has 0 aromatic heterocycles. The normalized spacial score (nSPS) is 29.2. The van der Waals surface area contributed by atoms with Gasteiger partial charge in [-0.05, 0) is 17.7 Å². The van der Waals surface area contributed by atoms with Gasteiger partial charge in [-0.3, -0.25) is 39.4 Å². The molecule has 8 rings (SSSR count). The molecular weight excluding hydrogens is 544 g/mol. The van der Waals surface area contributed by atoms with Crippen molar-refractivity contribution in [2.24, 2.45) is 29.6 Å². The Bertz CT molecular complexity index is 1680. The van der Waals surface area contributed by atoms with Gasteiger partial charge < -0.3 is 0 Å². The maximum atomic E-state index is 14.3. The van der Waals surface area contributed by atoms with Crippen molar-refractivity contribution in [3.63, 3.8) is 0 Å². The van der Waals surface area contributed by atoms with Crippen LogP contribution in [0.3, 0.4) is 0 Å². The SMILES string of the molecule is O=C1[C@@H]2C3C=CC(c4ccccc4)([C@H]2C(=O)N1c1cccc([N+](=O)[O-])c1)[C@H]1C(=O)N(c2cccc([N+](=O)[O-])c2)C(=O)[C@H]31. The highest BCUT2D eigenvalue weighted by molar-refractivity contribution is 6.27. The van der Waals surface area contributed by atoms with Crippen LogP contribution in [0.5, 0.6) is 0 Å². The van der Waals surface area contributed by atoms with Gasteiger partial charge in [0.15, 0.2) is 0 Å². The summed E-state index contributed by atoms with van der Waals surface area (Å²) < 4.78 is 0. The molecule has 4 atom stereocenters. The molecule has 12 nitrogen and oxygen atoms in total. The van der Waals surface area contributed by atoms with Crippen LogP contribution < -0.4 is 9.80 Å². The molecule has 5 aliphatic rings. The van der Waals surface area contributed by atoms with Crippen molar-refractivity contribution >= 4 is 46.4 Å². The summed E-state index contributed by atoms with van der Waals surface area (Å²) in [6, 6.07) is 19.2. The van der Waals surface area contributed by atoms with Gasteiger partial charge >= 0.3 is 0 Å². The molecule has 0 radical (unpaired) electrons. The minimum Gasteiger partial charge on any atom is -0.274 e. The van der Waals surface area contributed by atoms with Crippen molar-refractivity contribution in [2.45, 2.75) is 5.41 Å². The molecule has 2 aliphatic heterocycles. The summed E-state index contributed by atoms with van der Waals surface area (Å²) in [6.07, 6.45) is 3.47. The van der Waals surface area contributed by atoms with Gasteiger partial charge in [-0.25, -0.2) is 9.80 Å². The van der Waals surface area contributed by atoms with Crippen molar-refractivity contribution in [3.05, 3.63) is 117 Å². The number of non-ortho nitro benzene ring substituents is 2. The number of benzene rings is 3. The molecule has 12 heteroatoms. The van der Waals surface area contributed by atoms with Crippen molar-refractivity contribution in [1.82, 2.24) is 0 Å². The molecule has 0 N–H and O–H groups in total. The smallest absolute Gasteiger partial charge is 0.271 e. The third-order valence-electron chi connectivity index (χ3n) is 9.03. The lowest BCUT2D eigenvalue weighted by atomic mass is 9.45. The topological polar surface area (TPSA) is 161 Å². The highest BCUT2D eigenvalue weighted by Crippen LogP contribution is 2.65. The molecule has 2 saturated heterocycles. The fraction of sp³-hybridized carbons (Fsp3) is 0.200. The van der Waals surface area contributed by atoms with E-state index in [2.05, 4.69) is 0 Å². The molecule has 2 heterocycles. The number of hydrogen-bond donors (Lipinski definition) is 0. The minimum atomic E-state index is -1.39. The van der Waals surface area contributed by atoms with E-state index in [-0.39, 0.29) is 22.7 Å². The molecule has 1 saturated carbocycles. The van der Waals surface area contributed by atoms with Crippen LogP contribution in [0.15, 0.2) is 91.0 Å². The summed E-state index contributed by atoms with van der Waals surface area (Å²) in [7, 11) is 0. The fourth-order valence-electron chi connectivity index (χ4n) is 7.48. The zero-order chi connectivity index (χ0) is 29.5. The van der Waals surface area contributed by atoms with Crippen molar-refractivity contribution in [3.8, 4) is 0 Å². The molecule has 0 spiro atoms. The second-order valence-electron chi connectivity index (χ2n) is 10.8. The number of hydrogen-bond acceptors (Lipinski definition) is 8. The first-order valence-electron chi connectivity index (χ1n) is 13.2. The Morgan fingerprint density at radius 1 is 0.619 bits per heavy atom. The van der Waals surface area contributed by atoms with Crippen LogP contribution in [-0.2, 0) is 24.6 Å². The quantitative estimate of drug-likeness (QED) is 0.197. The molecule has 42 heavy (non-hydrogen) atoms. The summed E-state index contributed by atoms with van der Waals surface area (Å²) in [4.78, 5) is 80.1. The summed E-state index contributed by atoms with van der Waals surface area (Å²) >= 11 is 0. The second-order valence-corrected chi connectivity index (χ2v) is 10.8. The van der Waals surface area contributed by atoms with Crippen LogP contribution >= 0.6 is 0 Å². The number of nitro benzene ring substituents is 2. The number of carbonyl (C=O) groups is 4. The highest BCUT2D eigenvalue weighted by Gasteiger charge is 2.75. The van der Waals surface area contributed by atoms with E-state index >= 15 is 0 Å². The van der Waals surface area contributed by atoms with Crippen LogP contribution in [-0.4, -0.2) is 33.5 Å². The molecule has 3 aromatic carbocycles. The first kappa shape index (κ1) is 25.4. The maximum absolute atomic E-state index is 14.3. The number of imide groups is 2. The van der Waals surface area contributed by atoms with E-state index in [9.17, 15) is 39.4 Å². The molecule has 3 fully saturated rings. The summed E-state index contributed by atoms with van der Waals surface area (Å²) in [5.74, 6) is -7.40. The largest absolute Gasteiger partial charge is 0.274 e. The average molecular weight is 565 g/mol. The van der Waals surface area contributed by atoms with E-state index in [1.54, 1.807) is 42.5 Å². The van der Waals surface area contributed by atoms with Crippen LogP contribution in [0.25, 0.3) is 0 Å². The van der Waals surface area contributed by atoms with Gasteiger partial charge in [0, 0.05) is 35.6 Å². The number of amides is 4. The van der Waals surface area contributed by atoms with Gasteiger partial charge in [-0.2, -0.15) is 0 Å².